The number of carboxylic acids is 2. The van der Waals surface area contributed by atoms with Gasteiger partial charge in [0.15, 0.2) is 0 Å². The number of esters is 1. The van der Waals surface area contributed by atoms with Gasteiger partial charge < -0.3 is 14.9 Å². The first kappa shape index (κ1) is 14.1. The number of nitrogens with zero attached hydrogens (tertiary/aromatic N) is 1. The number of hydrogen-bond donors (Lipinski definition) is 2. The van der Waals surface area contributed by atoms with Crippen LogP contribution in [0.5, 0.6) is 0 Å². The van der Waals surface area contributed by atoms with Gasteiger partial charge >= 0.3 is 17.9 Å². The first-order chi connectivity index (χ1) is 7.45. The van der Waals surface area contributed by atoms with E-state index in [0.29, 0.717) is 0 Å². The Morgan fingerprint density at radius 3 is 2.00 bits per heavy atom. The number of hydrogen-bond acceptors (Lipinski definition) is 5. The molecule has 0 atom stereocenters. The van der Waals surface area contributed by atoms with Crippen LogP contribution >= 0.6 is 0 Å². The lowest BCUT2D eigenvalue weighted by Gasteiger charge is -2.16. The predicted molar refractivity (Wildman–Crippen MR) is 52.9 cm³/mol. The third kappa shape index (κ3) is 7.51. The molecule has 2 N–H and O–H groups in total. The van der Waals surface area contributed by atoms with Crippen molar-refractivity contribution >= 4 is 17.9 Å². The molecule has 0 radical (unpaired) electrons. The van der Waals surface area contributed by atoms with E-state index in [1.807, 2.05) is 0 Å². The Labute approximate surface area is 91.9 Å². The normalized spacial score (nSPS) is 9.81. The second kappa shape index (κ2) is 7.41. The SMILES string of the molecule is C=CCOC(=O)CN(CC(=O)O)CC(=O)O. The number of carbonyl (C=O) groups is 3. The van der Waals surface area contributed by atoms with Gasteiger partial charge in [0.05, 0.1) is 19.6 Å². The highest BCUT2D eigenvalue weighted by molar-refractivity contribution is 5.76. The number of carbonyl (C=O) groups excluding carboxylic acids is 1. The van der Waals surface area contributed by atoms with Gasteiger partial charge in [0, 0.05) is 0 Å². The maximum atomic E-state index is 11.1. The molecule has 7 nitrogen and oxygen atoms in total. The molecule has 0 spiro atoms. The number of aliphatic carboxylic acids is 2. The van der Waals surface area contributed by atoms with Crippen LogP contribution in [0.2, 0.25) is 0 Å². The standard InChI is InChI=1S/C9H13NO6/c1-2-3-16-9(15)6-10(4-7(11)12)5-8(13)14/h2H,1,3-6H2,(H,11,12)(H,13,14). The average molecular weight is 231 g/mol. The lowest BCUT2D eigenvalue weighted by Crippen LogP contribution is -2.38. The van der Waals surface area contributed by atoms with Gasteiger partial charge in [-0.1, -0.05) is 12.7 Å². The van der Waals surface area contributed by atoms with Crippen LogP contribution in [0, 0.1) is 0 Å². The molecule has 0 saturated heterocycles. The van der Waals surface area contributed by atoms with E-state index in [1.165, 1.54) is 6.08 Å². The molecule has 16 heavy (non-hydrogen) atoms. The zero-order valence-electron chi connectivity index (χ0n) is 8.59. The van der Waals surface area contributed by atoms with Gasteiger partial charge in [-0.05, 0) is 0 Å². The Kier molecular flexibility index (Phi) is 6.53. The summed E-state index contributed by atoms with van der Waals surface area (Å²) in [4.78, 5) is 32.8. The molecule has 0 aromatic heterocycles. The van der Waals surface area contributed by atoms with Crippen molar-refractivity contribution in [2.45, 2.75) is 0 Å². The molecule has 7 heteroatoms. The molecule has 0 rings (SSSR count). The minimum atomic E-state index is -1.21. The Bertz CT molecular complexity index is 272. The summed E-state index contributed by atoms with van der Waals surface area (Å²) in [5, 5.41) is 17.0. The van der Waals surface area contributed by atoms with Gasteiger partial charge in [0.2, 0.25) is 0 Å². The highest BCUT2D eigenvalue weighted by atomic mass is 16.5. The molecule has 0 bridgehead atoms. The fourth-order valence-electron chi connectivity index (χ4n) is 0.930. The molecule has 0 aliphatic carbocycles. The molecule has 0 heterocycles. The molecular weight excluding hydrogens is 218 g/mol. The third-order valence-electron chi connectivity index (χ3n) is 1.43. The highest BCUT2D eigenvalue weighted by Gasteiger charge is 2.17. The summed E-state index contributed by atoms with van der Waals surface area (Å²) in [6, 6.07) is 0. The summed E-state index contributed by atoms with van der Waals surface area (Å²) in [6.45, 7) is 1.89. The van der Waals surface area contributed by atoms with E-state index in [0.717, 1.165) is 4.90 Å². The van der Waals surface area contributed by atoms with E-state index in [1.54, 1.807) is 0 Å². The summed E-state index contributed by atoms with van der Waals surface area (Å²) < 4.78 is 4.60. The lowest BCUT2D eigenvalue weighted by atomic mass is 10.4. The summed E-state index contributed by atoms with van der Waals surface area (Å²) in [5.74, 6) is -3.11. The minimum absolute atomic E-state index is 0.00676. The van der Waals surface area contributed by atoms with E-state index in [4.69, 9.17) is 10.2 Å². The fraction of sp³-hybridized carbons (Fsp3) is 0.444. The highest BCUT2D eigenvalue weighted by Crippen LogP contribution is 1.91. The third-order valence-corrected chi connectivity index (χ3v) is 1.43. The van der Waals surface area contributed by atoms with Crippen LogP contribution in [-0.4, -0.2) is 59.3 Å². The van der Waals surface area contributed by atoms with E-state index >= 15 is 0 Å². The molecule has 0 unspecified atom stereocenters. The maximum absolute atomic E-state index is 11.1. The van der Waals surface area contributed by atoms with Crippen molar-refractivity contribution in [3.8, 4) is 0 Å². The van der Waals surface area contributed by atoms with Gasteiger partial charge in [0.25, 0.3) is 0 Å². The van der Waals surface area contributed by atoms with Crippen molar-refractivity contribution in [3.05, 3.63) is 12.7 Å². The van der Waals surface area contributed by atoms with Crippen molar-refractivity contribution in [2.24, 2.45) is 0 Å². The Morgan fingerprint density at radius 1 is 1.12 bits per heavy atom. The quantitative estimate of drug-likeness (QED) is 0.415. The van der Waals surface area contributed by atoms with Crippen molar-refractivity contribution in [2.75, 3.05) is 26.2 Å². The fourth-order valence-corrected chi connectivity index (χ4v) is 0.930. The molecular formula is C9H13NO6. The monoisotopic (exact) mass is 231 g/mol. The number of ether oxygens (including phenoxy) is 1. The first-order valence-electron chi connectivity index (χ1n) is 4.38. The largest absolute Gasteiger partial charge is 0.480 e. The Hall–Kier alpha value is -1.89. The molecule has 0 aliphatic heterocycles. The summed E-state index contributed by atoms with van der Waals surface area (Å²) in [7, 11) is 0. The molecule has 0 aromatic carbocycles. The average Bonchev–Trinajstić information content (AvgIpc) is 2.12. The number of rotatable bonds is 8. The van der Waals surface area contributed by atoms with Crippen LogP contribution in [0.3, 0.4) is 0 Å². The zero-order chi connectivity index (χ0) is 12.6. The Morgan fingerprint density at radius 2 is 1.62 bits per heavy atom. The molecule has 90 valence electrons. The van der Waals surface area contributed by atoms with Crippen LogP contribution in [0.15, 0.2) is 12.7 Å². The van der Waals surface area contributed by atoms with Crippen molar-refractivity contribution in [1.29, 1.82) is 0 Å². The predicted octanol–water partition coefficient (Wildman–Crippen LogP) is -0.813. The van der Waals surface area contributed by atoms with E-state index in [-0.39, 0.29) is 13.2 Å². The molecule has 0 aliphatic rings. The summed E-state index contributed by atoms with van der Waals surface area (Å²) in [5.41, 5.74) is 0. The van der Waals surface area contributed by atoms with Crippen molar-refractivity contribution in [1.82, 2.24) is 4.90 Å². The zero-order valence-corrected chi connectivity index (χ0v) is 8.59. The summed E-state index contributed by atoms with van der Waals surface area (Å²) in [6.07, 6.45) is 1.36. The van der Waals surface area contributed by atoms with Crippen molar-refractivity contribution < 1.29 is 29.3 Å². The molecule has 0 fully saturated rings. The molecule has 0 saturated carbocycles. The first-order valence-corrected chi connectivity index (χ1v) is 4.38. The van der Waals surface area contributed by atoms with Gasteiger partial charge in [-0.3, -0.25) is 19.3 Å². The minimum Gasteiger partial charge on any atom is -0.480 e. The van der Waals surface area contributed by atoms with Crippen molar-refractivity contribution in [3.63, 3.8) is 0 Å². The smallest absolute Gasteiger partial charge is 0.320 e. The second-order valence-corrected chi connectivity index (χ2v) is 2.90. The van der Waals surface area contributed by atoms with Gasteiger partial charge in [-0.15, -0.1) is 0 Å². The van der Waals surface area contributed by atoms with Crippen LogP contribution < -0.4 is 0 Å². The van der Waals surface area contributed by atoms with E-state index < -0.39 is 31.0 Å². The second-order valence-electron chi connectivity index (χ2n) is 2.90. The van der Waals surface area contributed by atoms with Gasteiger partial charge in [-0.2, -0.15) is 0 Å². The summed E-state index contributed by atoms with van der Waals surface area (Å²) >= 11 is 0. The molecule has 0 amide bonds. The number of carboxylic acid groups (broad SMARTS) is 2. The van der Waals surface area contributed by atoms with Crippen LogP contribution in [0.25, 0.3) is 0 Å². The van der Waals surface area contributed by atoms with Crippen LogP contribution in [-0.2, 0) is 19.1 Å². The maximum Gasteiger partial charge on any atom is 0.320 e. The van der Waals surface area contributed by atoms with Crippen LogP contribution in [0.4, 0.5) is 0 Å². The topological polar surface area (TPSA) is 104 Å². The van der Waals surface area contributed by atoms with Gasteiger partial charge in [-0.25, -0.2) is 0 Å². The van der Waals surface area contributed by atoms with Crippen LogP contribution in [0.1, 0.15) is 0 Å². The van der Waals surface area contributed by atoms with Gasteiger partial charge in [0.1, 0.15) is 6.61 Å². The van der Waals surface area contributed by atoms with E-state index in [9.17, 15) is 14.4 Å². The van der Waals surface area contributed by atoms with E-state index in [2.05, 4.69) is 11.3 Å². The molecule has 0 aromatic rings. The lowest BCUT2D eigenvalue weighted by molar-refractivity contribution is -0.147. The Balaban J connectivity index is 4.18.